The third-order valence-electron chi connectivity index (χ3n) is 3.14. The van der Waals surface area contributed by atoms with Crippen LogP contribution < -0.4 is 4.90 Å². The van der Waals surface area contributed by atoms with E-state index in [0.29, 0.717) is 0 Å². The van der Waals surface area contributed by atoms with Crippen LogP contribution in [0.5, 0.6) is 0 Å². The van der Waals surface area contributed by atoms with Gasteiger partial charge in [0.15, 0.2) is 0 Å². The van der Waals surface area contributed by atoms with Crippen molar-refractivity contribution in [2.24, 2.45) is 0 Å². The van der Waals surface area contributed by atoms with Gasteiger partial charge in [0.2, 0.25) is 0 Å². The molecule has 0 fully saturated rings. The second-order valence-electron chi connectivity index (χ2n) is 4.45. The molecule has 0 saturated carbocycles. The van der Waals surface area contributed by atoms with Gasteiger partial charge in [0.25, 0.3) is 0 Å². The van der Waals surface area contributed by atoms with Gasteiger partial charge in [0, 0.05) is 25.4 Å². The fraction of sp³-hybridized carbons (Fsp3) is 0.267. The van der Waals surface area contributed by atoms with Crippen LogP contribution in [0.15, 0.2) is 42.7 Å². The van der Waals surface area contributed by atoms with Crippen LogP contribution in [-0.4, -0.2) is 17.1 Å². The van der Waals surface area contributed by atoms with Gasteiger partial charge >= 0.3 is 0 Å². The molecule has 3 heteroatoms. The first kappa shape index (κ1) is 12.6. The molecule has 2 aromatic rings. The Bertz CT molecular complexity index is 525. The summed E-state index contributed by atoms with van der Waals surface area (Å²) in [6, 6.07) is 10.2. The van der Waals surface area contributed by atoms with Gasteiger partial charge in [-0.15, -0.1) is 0 Å². The van der Waals surface area contributed by atoms with Gasteiger partial charge in [-0.05, 0) is 24.1 Å². The zero-order valence-electron chi connectivity index (χ0n) is 10.8. The molecule has 0 aliphatic carbocycles. The van der Waals surface area contributed by atoms with E-state index in [1.54, 1.807) is 12.4 Å². The van der Waals surface area contributed by atoms with Crippen molar-refractivity contribution in [1.29, 1.82) is 0 Å². The number of aliphatic hydroxyl groups is 1. The number of hydrogen-bond donors (Lipinski definition) is 1. The van der Waals surface area contributed by atoms with Crippen molar-refractivity contribution in [3.63, 3.8) is 0 Å². The molecule has 0 bridgehead atoms. The number of nitrogens with zero attached hydrogens (tertiary/aromatic N) is 2. The summed E-state index contributed by atoms with van der Waals surface area (Å²) in [5.74, 6) is 0. The Morgan fingerprint density at radius 1 is 1.17 bits per heavy atom. The van der Waals surface area contributed by atoms with Gasteiger partial charge in [0.1, 0.15) is 0 Å². The Balaban J connectivity index is 2.22. The highest BCUT2D eigenvalue weighted by molar-refractivity contribution is 5.51. The summed E-state index contributed by atoms with van der Waals surface area (Å²) in [4.78, 5) is 6.24. The van der Waals surface area contributed by atoms with Crippen molar-refractivity contribution in [3.05, 3.63) is 59.4 Å². The molecule has 0 atom stereocenters. The fourth-order valence-corrected chi connectivity index (χ4v) is 2.02. The maximum absolute atomic E-state index is 9.33. The van der Waals surface area contributed by atoms with Crippen LogP contribution in [-0.2, 0) is 13.2 Å². The molecule has 2 rings (SSSR count). The highest BCUT2D eigenvalue weighted by Crippen LogP contribution is 2.20. The van der Waals surface area contributed by atoms with E-state index >= 15 is 0 Å². The second kappa shape index (κ2) is 5.65. The summed E-state index contributed by atoms with van der Waals surface area (Å²) >= 11 is 0. The minimum absolute atomic E-state index is 0.0377. The summed E-state index contributed by atoms with van der Waals surface area (Å²) in [5.41, 5.74) is 4.44. The third kappa shape index (κ3) is 2.68. The Kier molecular flexibility index (Phi) is 3.95. The molecule has 0 amide bonds. The Hall–Kier alpha value is -1.87. The number of rotatable bonds is 4. The monoisotopic (exact) mass is 242 g/mol. The van der Waals surface area contributed by atoms with E-state index in [0.717, 1.165) is 17.8 Å². The van der Waals surface area contributed by atoms with Gasteiger partial charge in [-0.25, -0.2) is 0 Å². The molecule has 1 aromatic heterocycles. The number of anilines is 1. The van der Waals surface area contributed by atoms with Crippen LogP contribution >= 0.6 is 0 Å². The van der Waals surface area contributed by atoms with E-state index < -0.39 is 0 Å². The molecule has 0 aliphatic rings. The van der Waals surface area contributed by atoms with Crippen LogP contribution in [0.25, 0.3) is 0 Å². The quantitative estimate of drug-likeness (QED) is 0.895. The lowest BCUT2D eigenvalue weighted by atomic mass is 10.1. The highest BCUT2D eigenvalue weighted by atomic mass is 16.3. The zero-order valence-corrected chi connectivity index (χ0v) is 10.8. The van der Waals surface area contributed by atoms with Gasteiger partial charge in [-0.2, -0.15) is 0 Å². The molecule has 94 valence electrons. The molecular formula is C15H18N2O. The summed E-state index contributed by atoms with van der Waals surface area (Å²) in [7, 11) is 2.02. The number of aromatic nitrogens is 1. The normalized spacial score (nSPS) is 10.4. The molecule has 0 aliphatic heterocycles. The molecule has 0 spiro atoms. The number of hydrogen-bond acceptors (Lipinski definition) is 3. The molecule has 18 heavy (non-hydrogen) atoms. The maximum Gasteiger partial charge on any atom is 0.0703 e. The minimum Gasteiger partial charge on any atom is -0.392 e. The van der Waals surface area contributed by atoms with E-state index in [4.69, 9.17) is 0 Å². The van der Waals surface area contributed by atoms with Crippen LogP contribution in [0.2, 0.25) is 0 Å². The molecule has 0 saturated heterocycles. The highest BCUT2D eigenvalue weighted by Gasteiger charge is 2.08. The number of benzene rings is 1. The standard InChI is InChI=1S/C15H18N2O/c1-12-5-3-4-6-13(12)10-17(2)15-9-16-8-7-14(15)11-18/h3-9,18H,10-11H2,1-2H3. The fourth-order valence-electron chi connectivity index (χ4n) is 2.02. The third-order valence-corrected chi connectivity index (χ3v) is 3.14. The van der Waals surface area contributed by atoms with Gasteiger partial charge in [0.05, 0.1) is 18.5 Å². The number of aliphatic hydroxyl groups excluding tert-OH is 1. The summed E-state index contributed by atoms with van der Waals surface area (Å²) in [5, 5.41) is 9.33. The number of aryl methyl sites for hydroxylation is 1. The van der Waals surface area contributed by atoms with Crippen LogP contribution in [0.3, 0.4) is 0 Å². The SMILES string of the molecule is Cc1ccccc1CN(C)c1cnccc1CO. The largest absolute Gasteiger partial charge is 0.392 e. The van der Waals surface area contributed by atoms with Crippen molar-refractivity contribution in [2.75, 3.05) is 11.9 Å². The Morgan fingerprint density at radius 2 is 1.94 bits per heavy atom. The smallest absolute Gasteiger partial charge is 0.0703 e. The van der Waals surface area contributed by atoms with E-state index in [1.165, 1.54) is 11.1 Å². The van der Waals surface area contributed by atoms with Crippen molar-refractivity contribution < 1.29 is 5.11 Å². The first-order valence-electron chi connectivity index (χ1n) is 6.01. The molecule has 1 N–H and O–H groups in total. The number of pyridine rings is 1. The van der Waals surface area contributed by atoms with Crippen molar-refractivity contribution in [3.8, 4) is 0 Å². The molecule has 1 aromatic carbocycles. The predicted octanol–water partition coefficient (Wildman–Crippen LogP) is 2.52. The lowest BCUT2D eigenvalue weighted by molar-refractivity contribution is 0.282. The first-order valence-corrected chi connectivity index (χ1v) is 6.01. The van der Waals surface area contributed by atoms with Crippen molar-refractivity contribution in [2.45, 2.75) is 20.1 Å². The van der Waals surface area contributed by atoms with E-state index in [-0.39, 0.29) is 6.61 Å². The Morgan fingerprint density at radius 3 is 2.67 bits per heavy atom. The molecule has 1 heterocycles. The zero-order chi connectivity index (χ0) is 13.0. The van der Waals surface area contributed by atoms with Crippen LogP contribution in [0.4, 0.5) is 5.69 Å². The van der Waals surface area contributed by atoms with Crippen molar-refractivity contribution >= 4 is 5.69 Å². The molecule has 0 unspecified atom stereocenters. The molecular weight excluding hydrogens is 224 g/mol. The maximum atomic E-state index is 9.33. The summed E-state index contributed by atoms with van der Waals surface area (Å²) in [6.07, 6.45) is 3.50. The average molecular weight is 242 g/mol. The van der Waals surface area contributed by atoms with E-state index in [9.17, 15) is 5.11 Å². The lowest BCUT2D eigenvalue weighted by Gasteiger charge is -2.22. The average Bonchev–Trinajstić information content (AvgIpc) is 2.41. The molecule has 0 radical (unpaired) electrons. The predicted molar refractivity (Wildman–Crippen MR) is 73.4 cm³/mol. The molecule has 3 nitrogen and oxygen atoms in total. The van der Waals surface area contributed by atoms with Gasteiger partial charge in [-0.1, -0.05) is 24.3 Å². The van der Waals surface area contributed by atoms with Crippen LogP contribution in [0, 0.1) is 6.92 Å². The second-order valence-corrected chi connectivity index (χ2v) is 4.45. The van der Waals surface area contributed by atoms with Crippen LogP contribution in [0.1, 0.15) is 16.7 Å². The first-order chi connectivity index (χ1) is 8.72. The van der Waals surface area contributed by atoms with Gasteiger partial charge in [-0.3, -0.25) is 4.98 Å². The summed E-state index contributed by atoms with van der Waals surface area (Å²) < 4.78 is 0. The van der Waals surface area contributed by atoms with Gasteiger partial charge < -0.3 is 10.0 Å². The minimum atomic E-state index is 0.0377. The van der Waals surface area contributed by atoms with Crippen molar-refractivity contribution in [1.82, 2.24) is 4.98 Å². The Labute approximate surface area is 108 Å². The topological polar surface area (TPSA) is 36.4 Å². The summed E-state index contributed by atoms with van der Waals surface area (Å²) in [6.45, 7) is 2.96. The lowest BCUT2D eigenvalue weighted by Crippen LogP contribution is -2.18. The van der Waals surface area contributed by atoms with E-state index in [1.807, 2.05) is 25.2 Å². The van der Waals surface area contributed by atoms with E-state index in [2.05, 4.69) is 28.9 Å².